The molecule has 4 nitrogen and oxygen atoms in total. The van der Waals surface area contributed by atoms with E-state index >= 15 is 0 Å². The fraction of sp³-hybridized carbons (Fsp3) is 0.182. The van der Waals surface area contributed by atoms with Gasteiger partial charge in [0.25, 0.3) is 0 Å². The average molecular weight is 200 g/mol. The summed E-state index contributed by atoms with van der Waals surface area (Å²) >= 11 is 0. The quantitative estimate of drug-likeness (QED) is 0.710. The van der Waals surface area contributed by atoms with Crippen molar-refractivity contribution in [3.8, 4) is 11.4 Å². The van der Waals surface area contributed by atoms with E-state index in [1.54, 1.807) is 10.8 Å². The normalized spacial score (nSPS) is 10.2. The van der Waals surface area contributed by atoms with Crippen molar-refractivity contribution in [3.05, 3.63) is 42.5 Å². The average Bonchev–Trinajstić information content (AvgIpc) is 2.68. The Morgan fingerprint density at radius 1 is 1.33 bits per heavy atom. The van der Waals surface area contributed by atoms with Crippen molar-refractivity contribution in [2.75, 3.05) is 0 Å². The molecule has 1 aromatic heterocycles. The summed E-state index contributed by atoms with van der Waals surface area (Å²) in [5, 5.41) is 11.5. The molecule has 0 aliphatic carbocycles. The van der Waals surface area contributed by atoms with Crippen molar-refractivity contribution in [1.82, 2.24) is 20.2 Å². The number of benzene rings is 1. The van der Waals surface area contributed by atoms with Crippen molar-refractivity contribution in [1.29, 1.82) is 0 Å². The van der Waals surface area contributed by atoms with Crippen LogP contribution in [-0.2, 0) is 6.54 Å². The van der Waals surface area contributed by atoms with Crippen LogP contribution in [0.3, 0.4) is 0 Å². The van der Waals surface area contributed by atoms with Crippen LogP contribution in [0.25, 0.3) is 11.4 Å². The highest BCUT2D eigenvalue weighted by Gasteiger charge is 2.06. The van der Waals surface area contributed by atoms with E-state index in [4.69, 9.17) is 0 Å². The Bertz CT molecular complexity index is 456. The highest BCUT2D eigenvalue weighted by Crippen LogP contribution is 2.15. The van der Waals surface area contributed by atoms with Crippen LogP contribution in [0.5, 0.6) is 0 Å². The van der Waals surface area contributed by atoms with Gasteiger partial charge in [-0.25, -0.2) is 4.68 Å². The van der Waals surface area contributed by atoms with Crippen LogP contribution < -0.4 is 0 Å². The Kier molecular flexibility index (Phi) is 2.58. The molecule has 0 saturated heterocycles. The molecule has 0 amide bonds. The lowest BCUT2D eigenvalue weighted by Crippen LogP contribution is -2.00. The molecule has 0 radical (unpaired) electrons. The van der Waals surface area contributed by atoms with E-state index < -0.39 is 0 Å². The van der Waals surface area contributed by atoms with Gasteiger partial charge in [-0.1, -0.05) is 35.9 Å². The smallest absolute Gasteiger partial charge is 0.182 e. The molecular formula is C11H12N4. The van der Waals surface area contributed by atoms with Crippen LogP contribution in [-0.4, -0.2) is 20.2 Å². The largest absolute Gasteiger partial charge is 0.222 e. The topological polar surface area (TPSA) is 43.6 Å². The monoisotopic (exact) mass is 200 g/mol. The van der Waals surface area contributed by atoms with Crippen molar-refractivity contribution in [3.63, 3.8) is 0 Å². The summed E-state index contributed by atoms with van der Waals surface area (Å²) in [7, 11) is 0. The summed E-state index contributed by atoms with van der Waals surface area (Å²) in [6.45, 7) is 6.34. The van der Waals surface area contributed by atoms with E-state index in [1.165, 1.54) is 5.56 Å². The SMILES string of the molecule is C=CCn1nnnc1-c1ccc(C)cc1. The lowest BCUT2D eigenvalue weighted by atomic mass is 10.1. The van der Waals surface area contributed by atoms with E-state index in [1.807, 2.05) is 24.3 Å². The fourth-order valence-electron chi connectivity index (χ4n) is 1.36. The summed E-state index contributed by atoms with van der Waals surface area (Å²) in [5.41, 5.74) is 2.24. The van der Waals surface area contributed by atoms with Gasteiger partial charge in [-0.3, -0.25) is 0 Å². The molecule has 2 aromatic rings. The van der Waals surface area contributed by atoms with Gasteiger partial charge in [0, 0.05) is 5.56 Å². The predicted molar refractivity (Wildman–Crippen MR) is 58.2 cm³/mol. The molecule has 0 N–H and O–H groups in total. The second kappa shape index (κ2) is 4.04. The minimum absolute atomic E-state index is 0.621. The molecule has 0 saturated carbocycles. The number of aryl methyl sites for hydroxylation is 1. The van der Waals surface area contributed by atoms with Crippen LogP contribution >= 0.6 is 0 Å². The number of hydrogen-bond acceptors (Lipinski definition) is 3. The highest BCUT2D eigenvalue weighted by molar-refractivity contribution is 5.54. The Balaban J connectivity index is 2.40. The number of rotatable bonds is 3. The van der Waals surface area contributed by atoms with Crippen molar-refractivity contribution in [2.45, 2.75) is 13.5 Å². The molecule has 1 aromatic carbocycles. The lowest BCUT2D eigenvalue weighted by molar-refractivity contribution is 0.665. The van der Waals surface area contributed by atoms with Crippen LogP contribution in [0.15, 0.2) is 36.9 Å². The molecule has 4 heteroatoms. The third kappa shape index (κ3) is 1.93. The first kappa shape index (κ1) is 9.58. The molecule has 0 aliphatic heterocycles. The summed E-state index contributed by atoms with van der Waals surface area (Å²) in [6.07, 6.45) is 1.77. The van der Waals surface area contributed by atoms with Crippen LogP contribution in [0.4, 0.5) is 0 Å². The Hall–Kier alpha value is -1.97. The third-order valence-electron chi connectivity index (χ3n) is 2.14. The Morgan fingerprint density at radius 3 is 2.73 bits per heavy atom. The number of aromatic nitrogens is 4. The molecule has 15 heavy (non-hydrogen) atoms. The lowest BCUT2D eigenvalue weighted by Gasteiger charge is -2.01. The van der Waals surface area contributed by atoms with Gasteiger partial charge in [-0.15, -0.1) is 11.7 Å². The zero-order chi connectivity index (χ0) is 10.7. The van der Waals surface area contributed by atoms with Gasteiger partial charge in [0.1, 0.15) is 0 Å². The number of tetrazole rings is 1. The van der Waals surface area contributed by atoms with Gasteiger partial charge >= 0.3 is 0 Å². The maximum absolute atomic E-state index is 3.99. The number of allylic oxidation sites excluding steroid dienone is 1. The molecule has 2 rings (SSSR count). The Morgan fingerprint density at radius 2 is 2.07 bits per heavy atom. The van der Waals surface area contributed by atoms with Gasteiger partial charge in [0.05, 0.1) is 6.54 Å². The molecule has 1 heterocycles. The van der Waals surface area contributed by atoms with Crippen molar-refractivity contribution < 1.29 is 0 Å². The zero-order valence-corrected chi connectivity index (χ0v) is 8.59. The van der Waals surface area contributed by atoms with E-state index in [0.29, 0.717) is 6.54 Å². The predicted octanol–water partition coefficient (Wildman–Crippen LogP) is 1.83. The van der Waals surface area contributed by atoms with Crippen LogP contribution in [0.1, 0.15) is 5.56 Å². The van der Waals surface area contributed by atoms with Crippen LogP contribution in [0, 0.1) is 6.92 Å². The molecule has 76 valence electrons. The molecule has 0 unspecified atom stereocenters. The summed E-state index contributed by atoms with van der Waals surface area (Å²) in [4.78, 5) is 0. The third-order valence-corrected chi connectivity index (χ3v) is 2.14. The number of hydrogen-bond donors (Lipinski definition) is 0. The van der Waals surface area contributed by atoms with Crippen molar-refractivity contribution >= 4 is 0 Å². The fourth-order valence-corrected chi connectivity index (χ4v) is 1.36. The van der Waals surface area contributed by atoms with E-state index in [9.17, 15) is 0 Å². The summed E-state index contributed by atoms with van der Waals surface area (Å²) < 4.78 is 1.72. The zero-order valence-electron chi connectivity index (χ0n) is 8.59. The molecule has 0 aliphatic rings. The first-order valence-corrected chi connectivity index (χ1v) is 4.75. The van der Waals surface area contributed by atoms with E-state index in [0.717, 1.165) is 11.4 Å². The molecule has 0 atom stereocenters. The van der Waals surface area contributed by atoms with Gasteiger partial charge in [0.2, 0.25) is 0 Å². The molecule has 0 bridgehead atoms. The van der Waals surface area contributed by atoms with Gasteiger partial charge in [-0.2, -0.15) is 0 Å². The molecule has 0 fully saturated rings. The summed E-state index contributed by atoms with van der Waals surface area (Å²) in [6, 6.07) is 8.12. The second-order valence-corrected chi connectivity index (χ2v) is 3.34. The van der Waals surface area contributed by atoms with Gasteiger partial charge < -0.3 is 0 Å². The van der Waals surface area contributed by atoms with Crippen LogP contribution in [0.2, 0.25) is 0 Å². The summed E-state index contributed by atoms with van der Waals surface area (Å²) in [5.74, 6) is 0.773. The minimum Gasteiger partial charge on any atom is -0.222 e. The first-order chi connectivity index (χ1) is 7.31. The molecular weight excluding hydrogens is 188 g/mol. The van der Waals surface area contributed by atoms with Crippen molar-refractivity contribution in [2.24, 2.45) is 0 Å². The van der Waals surface area contributed by atoms with Gasteiger partial charge in [0.15, 0.2) is 5.82 Å². The van der Waals surface area contributed by atoms with E-state index in [2.05, 4.69) is 29.0 Å². The minimum atomic E-state index is 0.621. The highest BCUT2D eigenvalue weighted by atomic mass is 15.5. The standard InChI is InChI=1S/C11H12N4/c1-3-8-15-11(12-13-14-15)10-6-4-9(2)5-7-10/h3-7H,1,8H2,2H3. The maximum atomic E-state index is 3.99. The number of nitrogens with zero attached hydrogens (tertiary/aromatic N) is 4. The maximum Gasteiger partial charge on any atom is 0.182 e. The van der Waals surface area contributed by atoms with Gasteiger partial charge in [-0.05, 0) is 17.4 Å². The second-order valence-electron chi connectivity index (χ2n) is 3.34. The Labute approximate surface area is 88.2 Å². The molecule has 0 spiro atoms. The van der Waals surface area contributed by atoms with E-state index in [-0.39, 0.29) is 0 Å². The first-order valence-electron chi connectivity index (χ1n) is 4.75.